The number of nitrogens with zero attached hydrogens (tertiary/aromatic N) is 1. The van der Waals surface area contributed by atoms with Crippen molar-refractivity contribution in [2.45, 2.75) is 32.2 Å². The standard InChI is InChI=1S/C11H23N3O/c1-9-3-6-14(7-4-9)8-5-10(13-2)11(12)15/h9-10,13H,3-8H2,1-2H3,(H2,12,15). The monoisotopic (exact) mass is 213 g/mol. The first kappa shape index (κ1) is 12.5. The molecule has 0 saturated carbocycles. The van der Waals surface area contributed by atoms with Crippen LogP contribution in [0.15, 0.2) is 0 Å². The molecule has 88 valence electrons. The lowest BCUT2D eigenvalue weighted by atomic mass is 9.99. The fraction of sp³-hybridized carbons (Fsp3) is 0.909. The molecule has 4 nitrogen and oxygen atoms in total. The second-order valence-corrected chi connectivity index (χ2v) is 4.56. The number of rotatable bonds is 5. The van der Waals surface area contributed by atoms with Crippen molar-refractivity contribution in [3.63, 3.8) is 0 Å². The Morgan fingerprint density at radius 3 is 2.60 bits per heavy atom. The molecule has 15 heavy (non-hydrogen) atoms. The van der Waals surface area contributed by atoms with Crippen molar-refractivity contribution in [3.8, 4) is 0 Å². The van der Waals surface area contributed by atoms with E-state index in [1.165, 1.54) is 12.8 Å². The summed E-state index contributed by atoms with van der Waals surface area (Å²) in [7, 11) is 1.79. The van der Waals surface area contributed by atoms with Crippen LogP contribution in [-0.2, 0) is 4.79 Å². The Morgan fingerprint density at radius 2 is 2.13 bits per heavy atom. The van der Waals surface area contributed by atoms with E-state index in [-0.39, 0.29) is 11.9 Å². The average Bonchev–Trinajstić information content (AvgIpc) is 2.21. The number of nitrogens with two attached hydrogens (primary N) is 1. The summed E-state index contributed by atoms with van der Waals surface area (Å²) in [6.07, 6.45) is 3.38. The van der Waals surface area contributed by atoms with E-state index in [1.54, 1.807) is 7.05 Å². The average molecular weight is 213 g/mol. The molecule has 1 rings (SSSR count). The molecule has 1 heterocycles. The predicted molar refractivity (Wildman–Crippen MR) is 61.5 cm³/mol. The van der Waals surface area contributed by atoms with E-state index in [9.17, 15) is 4.79 Å². The van der Waals surface area contributed by atoms with Gasteiger partial charge in [-0.2, -0.15) is 0 Å². The van der Waals surface area contributed by atoms with Crippen LogP contribution in [0.3, 0.4) is 0 Å². The van der Waals surface area contributed by atoms with Crippen LogP contribution in [0.2, 0.25) is 0 Å². The first-order valence-electron chi connectivity index (χ1n) is 5.82. The van der Waals surface area contributed by atoms with Crippen LogP contribution in [0.25, 0.3) is 0 Å². The van der Waals surface area contributed by atoms with Gasteiger partial charge in [0.2, 0.25) is 5.91 Å². The Bertz CT molecular complexity index is 200. The van der Waals surface area contributed by atoms with Gasteiger partial charge < -0.3 is 16.0 Å². The molecule has 0 aromatic carbocycles. The molecule has 1 unspecified atom stereocenters. The molecule has 0 spiro atoms. The van der Waals surface area contributed by atoms with Crippen LogP contribution in [-0.4, -0.2) is 43.5 Å². The van der Waals surface area contributed by atoms with Gasteiger partial charge in [-0.05, 0) is 45.3 Å². The molecule has 1 aliphatic heterocycles. The van der Waals surface area contributed by atoms with E-state index in [4.69, 9.17) is 5.73 Å². The zero-order chi connectivity index (χ0) is 11.3. The summed E-state index contributed by atoms with van der Waals surface area (Å²) in [6, 6.07) is -0.177. The number of likely N-dealkylation sites (N-methyl/N-ethyl adjacent to an activating group) is 1. The third-order valence-corrected chi connectivity index (χ3v) is 3.30. The van der Waals surface area contributed by atoms with E-state index >= 15 is 0 Å². The highest BCUT2D eigenvalue weighted by Gasteiger charge is 2.18. The summed E-state index contributed by atoms with van der Waals surface area (Å²) in [5.74, 6) is 0.611. The zero-order valence-electron chi connectivity index (χ0n) is 9.83. The fourth-order valence-corrected chi connectivity index (χ4v) is 2.03. The number of carbonyl (C=O) groups is 1. The number of nitrogens with one attached hydrogen (secondary N) is 1. The second-order valence-electron chi connectivity index (χ2n) is 4.56. The summed E-state index contributed by atoms with van der Waals surface area (Å²) >= 11 is 0. The minimum atomic E-state index is -0.247. The van der Waals surface area contributed by atoms with Crippen molar-refractivity contribution in [3.05, 3.63) is 0 Å². The summed E-state index contributed by atoms with van der Waals surface area (Å²) in [4.78, 5) is 13.4. The van der Waals surface area contributed by atoms with Gasteiger partial charge in [0.25, 0.3) is 0 Å². The molecule has 1 fully saturated rings. The maximum absolute atomic E-state index is 11.0. The maximum atomic E-state index is 11.0. The van der Waals surface area contributed by atoms with Gasteiger partial charge in [0, 0.05) is 6.54 Å². The third kappa shape index (κ3) is 4.18. The highest BCUT2D eigenvalue weighted by atomic mass is 16.1. The van der Waals surface area contributed by atoms with E-state index in [0.717, 1.165) is 32.0 Å². The number of hydrogen-bond donors (Lipinski definition) is 2. The Hall–Kier alpha value is -0.610. The Balaban J connectivity index is 2.21. The molecule has 1 aliphatic rings. The lowest BCUT2D eigenvalue weighted by molar-refractivity contribution is -0.120. The molecule has 0 aromatic rings. The van der Waals surface area contributed by atoms with Crippen molar-refractivity contribution in [2.24, 2.45) is 11.7 Å². The van der Waals surface area contributed by atoms with Gasteiger partial charge in [-0.15, -0.1) is 0 Å². The first-order valence-corrected chi connectivity index (χ1v) is 5.82. The van der Waals surface area contributed by atoms with Gasteiger partial charge in [0.1, 0.15) is 0 Å². The van der Waals surface area contributed by atoms with Gasteiger partial charge in [-0.3, -0.25) is 4.79 Å². The molecule has 0 bridgehead atoms. The van der Waals surface area contributed by atoms with Crippen LogP contribution in [0.5, 0.6) is 0 Å². The third-order valence-electron chi connectivity index (χ3n) is 3.30. The zero-order valence-corrected chi connectivity index (χ0v) is 9.83. The molecule has 1 atom stereocenters. The Labute approximate surface area is 92.2 Å². The van der Waals surface area contributed by atoms with Gasteiger partial charge in [0.05, 0.1) is 6.04 Å². The fourth-order valence-electron chi connectivity index (χ4n) is 2.03. The van der Waals surface area contributed by atoms with Gasteiger partial charge in [-0.25, -0.2) is 0 Å². The Kier molecular flexibility index (Phi) is 5.05. The maximum Gasteiger partial charge on any atom is 0.234 e. The number of hydrogen-bond acceptors (Lipinski definition) is 3. The number of likely N-dealkylation sites (tertiary alicyclic amines) is 1. The number of carbonyl (C=O) groups excluding carboxylic acids is 1. The SMILES string of the molecule is CNC(CCN1CCC(C)CC1)C(N)=O. The van der Waals surface area contributed by atoms with Crippen molar-refractivity contribution >= 4 is 5.91 Å². The number of amides is 1. The molecular weight excluding hydrogens is 190 g/mol. The molecule has 1 saturated heterocycles. The van der Waals surface area contributed by atoms with Crippen molar-refractivity contribution in [1.29, 1.82) is 0 Å². The minimum Gasteiger partial charge on any atom is -0.368 e. The van der Waals surface area contributed by atoms with Crippen LogP contribution >= 0.6 is 0 Å². The quantitative estimate of drug-likeness (QED) is 0.685. The summed E-state index contributed by atoms with van der Waals surface area (Å²) in [5, 5.41) is 2.95. The highest BCUT2D eigenvalue weighted by molar-refractivity contribution is 5.79. The van der Waals surface area contributed by atoms with Crippen LogP contribution < -0.4 is 11.1 Å². The topological polar surface area (TPSA) is 58.4 Å². The Morgan fingerprint density at radius 1 is 1.53 bits per heavy atom. The van der Waals surface area contributed by atoms with Crippen LogP contribution in [0, 0.1) is 5.92 Å². The number of primary amides is 1. The van der Waals surface area contributed by atoms with Gasteiger partial charge in [-0.1, -0.05) is 6.92 Å². The second kappa shape index (κ2) is 6.08. The van der Waals surface area contributed by atoms with Crippen LogP contribution in [0.4, 0.5) is 0 Å². The van der Waals surface area contributed by atoms with Crippen molar-refractivity contribution in [2.75, 3.05) is 26.7 Å². The van der Waals surface area contributed by atoms with E-state index in [1.807, 2.05) is 0 Å². The lowest BCUT2D eigenvalue weighted by Gasteiger charge is -2.30. The molecule has 3 N–H and O–H groups in total. The smallest absolute Gasteiger partial charge is 0.234 e. The van der Waals surface area contributed by atoms with E-state index in [0.29, 0.717) is 0 Å². The largest absolute Gasteiger partial charge is 0.368 e. The van der Waals surface area contributed by atoms with E-state index in [2.05, 4.69) is 17.1 Å². The molecule has 0 radical (unpaired) electrons. The lowest BCUT2D eigenvalue weighted by Crippen LogP contribution is -2.43. The molecule has 0 aliphatic carbocycles. The van der Waals surface area contributed by atoms with Crippen molar-refractivity contribution in [1.82, 2.24) is 10.2 Å². The molecule has 4 heteroatoms. The highest BCUT2D eigenvalue weighted by Crippen LogP contribution is 2.16. The van der Waals surface area contributed by atoms with Crippen molar-refractivity contribution < 1.29 is 4.79 Å². The number of piperidine rings is 1. The predicted octanol–water partition coefficient (Wildman–Crippen LogP) is 0.182. The minimum absolute atomic E-state index is 0.177. The molecule has 0 aromatic heterocycles. The van der Waals surface area contributed by atoms with E-state index < -0.39 is 0 Å². The van der Waals surface area contributed by atoms with Gasteiger partial charge in [0.15, 0.2) is 0 Å². The summed E-state index contributed by atoms with van der Waals surface area (Å²) in [6.45, 7) is 5.60. The summed E-state index contributed by atoms with van der Waals surface area (Å²) < 4.78 is 0. The summed E-state index contributed by atoms with van der Waals surface area (Å²) in [5.41, 5.74) is 5.26. The first-order chi connectivity index (χ1) is 7.13. The van der Waals surface area contributed by atoms with Gasteiger partial charge >= 0.3 is 0 Å². The molecular formula is C11H23N3O. The molecule has 1 amide bonds. The van der Waals surface area contributed by atoms with Crippen LogP contribution in [0.1, 0.15) is 26.2 Å². The normalized spacial score (nSPS) is 21.5.